The SMILES string of the molecule is CCCCCCCc1ccc(C=Cc2ccc(C=O)cc2)cc1. The number of rotatable bonds is 9. The van der Waals surface area contributed by atoms with Crippen molar-refractivity contribution in [2.24, 2.45) is 0 Å². The summed E-state index contributed by atoms with van der Waals surface area (Å²) in [5, 5.41) is 0. The zero-order valence-corrected chi connectivity index (χ0v) is 14.0. The van der Waals surface area contributed by atoms with E-state index in [1.807, 2.05) is 24.3 Å². The molecule has 0 heterocycles. The van der Waals surface area contributed by atoms with Crippen LogP contribution >= 0.6 is 0 Å². The van der Waals surface area contributed by atoms with Crippen LogP contribution in [0.4, 0.5) is 0 Å². The number of benzene rings is 2. The molecule has 0 saturated carbocycles. The van der Waals surface area contributed by atoms with Crippen LogP contribution in [0.25, 0.3) is 12.2 Å². The Morgan fingerprint density at radius 3 is 1.78 bits per heavy atom. The third kappa shape index (κ3) is 6.23. The van der Waals surface area contributed by atoms with Crippen molar-refractivity contribution in [3.8, 4) is 0 Å². The normalized spacial score (nSPS) is 11.0. The molecule has 0 atom stereocenters. The van der Waals surface area contributed by atoms with Crippen LogP contribution in [0.2, 0.25) is 0 Å². The van der Waals surface area contributed by atoms with E-state index in [1.165, 1.54) is 49.7 Å². The molecule has 0 aromatic heterocycles. The van der Waals surface area contributed by atoms with Crippen molar-refractivity contribution in [2.75, 3.05) is 0 Å². The fraction of sp³-hybridized carbons (Fsp3) is 0.318. The molecule has 0 saturated heterocycles. The summed E-state index contributed by atoms with van der Waals surface area (Å²) in [5.74, 6) is 0. The molecule has 0 fully saturated rings. The molecule has 0 bridgehead atoms. The van der Waals surface area contributed by atoms with Crippen LogP contribution in [0.5, 0.6) is 0 Å². The highest BCUT2D eigenvalue weighted by Gasteiger charge is 1.95. The number of carbonyl (C=O) groups is 1. The minimum Gasteiger partial charge on any atom is -0.298 e. The van der Waals surface area contributed by atoms with Crippen LogP contribution in [0.1, 0.15) is 66.1 Å². The smallest absolute Gasteiger partial charge is 0.150 e. The Morgan fingerprint density at radius 1 is 0.696 bits per heavy atom. The van der Waals surface area contributed by atoms with Gasteiger partial charge in [-0.1, -0.05) is 93.3 Å². The van der Waals surface area contributed by atoms with Gasteiger partial charge in [-0.2, -0.15) is 0 Å². The number of carbonyl (C=O) groups excluding carboxylic acids is 1. The molecule has 0 spiro atoms. The molecule has 0 unspecified atom stereocenters. The first kappa shape index (κ1) is 17.2. The lowest BCUT2D eigenvalue weighted by molar-refractivity contribution is 0.112. The van der Waals surface area contributed by atoms with Crippen molar-refractivity contribution in [2.45, 2.75) is 45.4 Å². The number of hydrogen-bond acceptors (Lipinski definition) is 1. The summed E-state index contributed by atoms with van der Waals surface area (Å²) in [4.78, 5) is 10.6. The monoisotopic (exact) mass is 306 g/mol. The number of hydrogen-bond donors (Lipinski definition) is 0. The van der Waals surface area contributed by atoms with Gasteiger partial charge < -0.3 is 0 Å². The standard InChI is InChI=1S/C22H26O/c1-2-3-4-5-6-7-19-8-10-20(11-9-19)12-13-21-14-16-22(18-23)17-15-21/h8-18H,2-7H2,1H3. The first-order valence-electron chi connectivity index (χ1n) is 8.64. The second-order valence-electron chi connectivity index (χ2n) is 6.02. The Balaban J connectivity index is 1.83. The van der Waals surface area contributed by atoms with Gasteiger partial charge >= 0.3 is 0 Å². The third-order valence-corrected chi connectivity index (χ3v) is 4.09. The number of aldehydes is 1. The molecular formula is C22H26O. The summed E-state index contributed by atoms with van der Waals surface area (Å²) in [5.41, 5.74) is 4.45. The fourth-order valence-corrected chi connectivity index (χ4v) is 2.61. The molecule has 1 heteroatoms. The van der Waals surface area contributed by atoms with Gasteiger partial charge in [-0.25, -0.2) is 0 Å². The maximum absolute atomic E-state index is 10.6. The van der Waals surface area contributed by atoms with Crippen molar-refractivity contribution in [1.29, 1.82) is 0 Å². The van der Waals surface area contributed by atoms with Crippen LogP contribution in [-0.4, -0.2) is 6.29 Å². The third-order valence-electron chi connectivity index (χ3n) is 4.09. The molecule has 0 N–H and O–H groups in total. The maximum Gasteiger partial charge on any atom is 0.150 e. The van der Waals surface area contributed by atoms with Gasteiger partial charge in [0.05, 0.1) is 0 Å². The summed E-state index contributed by atoms with van der Waals surface area (Å²) in [6.45, 7) is 2.25. The predicted molar refractivity (Wildman–Crippen MR) is 99.7 cm³/mol. The lowest BCUT2D eigenvalue weighted by Crippen LogP contribution is -1.86. The van der Waals surface area contributed by atoms with E-state index in [0.717, 1.165) is 11.8 Å². The van der Waals surface area contributed by atoms with Crippen LogP contribution < -0.4 is 0 Å². The molecule has 0 aliphatic carbocycles. The molecule has 0 amide bonds. The van der Waals surface area contributed by atoms with Gasteiger partial charge in [-0.15, -0.1) is 0 Å². The average Bonchev–Trinajstić information content (AvgIpc) is 2.61. The van der Waals surface area contributed by atoms with Gasteiger partial charge in [0.2, 0.25) is 0 Å². The predicted octanol–water partition coefficient (Wildman–Crippen LogP) is 6.18. The van der Waals surface area contributed by atoms with E-state index in [2.05, 4.69) is 43.3 Å². The first-order valence-corrected chi connectivity index (χ1v) is 8.64. The van der Waals surface area contributed by atoms with Crippen molar-refractivity contribution in [1.82, 2.24) is 0 Å². The molecule has 2 rings (SSSR count). The highest BCUT2D eigenvalue weighted by Crippen LogP contribution is 2.13. The lowest BCUT2D eigenvalue weighted by Gasteiger charge is -2.02. The minimum atomic E-state index is 0.713. The van der Waals surface area contributed by atoms with E-state index in [-0.39, 0.29) is 0 Å². The molecule has 23 heavy (non-hydrogen) atoms. The summed E-state index contributed by atoms with van der Waals surface area (Å²) < 4.78 is 0. The fourth-order valence-electron chi connectivity index (χ4n) is 2.61. The second-order valence-corrected chi connectivity index (χ2v) is 6.02. The molecule has 0 radical (unpaired) electrons. The van der Waals surface area contributed by atoms with Crippen molar-refractivity contribution >= 4 is 18.4 Å². The Kier molecular flexibility index (Phi) is 7.32. The van der Waals surface area contributed by atoms with E-state index in [9.17, 15) is 4.79 Å². The Bertz CT molecular complexity index is 605. The highest BCUT2D eigenvalue weighted by atomic mass is 16.1. The van der Waals surface area contributed by atoms with Crippen molar-refractivity contribution in [3.63, 3.8) is 0 Å². The van der Waals surface area contributed by atoms with Crippen LogP contribution in [0, 0.1) is 0 Å². The van der Waals surface area contributed by atoms with Gasteiger partial charge in [0.15, 0.2) is 0 Å². The van der Waals surface area contributed by atoms with Gasteiger partial charge in [-0.05, 0) is 29.5 Å². The summed E-state index contributed by atoms with van der Waals surface area (Å²) >= 11 is 0. The lowest BCUT2D eigenvalue weighted by atomic mass is 10.0. The number of unbranched alkanes of at least 4 members (excludes halogenated alkanes) is 4. The van der Waals surface area contributed by atoms with Gasteiger partial charge in [0, 0.05) is 5.56 Å². The Labute approximate surface area is 140 Å². The summed E-state index contributed by atoms with van der Waals surface area (Å²) in [6.07, 6.45) is 12.9. The van der Waals surface area contributed by atoms with Gasteiger partial charge in [0.1, 0.15) is 6.29 Å². The van der Waals surface area contributed by atoms with Gasteiger partial charge in [0.25, 0.3) is 0 Å². The van der Waals surface area contributed by atoms with Crippen molar-refractivity contribution < 1.29 is 4.79 Å². The first-order chi connectivity index (χ1) is 11.3. The molecule has 0 aliphatic heterocycles. The second kappa shape index (κ2) is 9.78. The summed E-state index contributed by atoms with van der Waals surface area (Å²) in [6, 6.07) is 16.4. The largest absolute Gasteiger partial charge is 0.298 e. The zero-order valence-electron chi connectivity index (χ0n) is 14.0. The van der Waals surface area contributed by atoms with E-state index in [4.69, 9.17) is 0 Å². The van der Waals surface area contributed by atoms with Crippen LogP contribution in [-0.2, 0) is 6.42 Å². The maximum atomic E-state index is 10.6. The van der Waals surface area contributed by atoms with E-state index < -0.39 is 0 Å². The summed E-state index contributed by atoms with van der Waals surface area (Å²) in [7, 11) is 0. The minimum absolute atomic E-state index is 0.713. The number of aryl methyl sites for hydroxylation is 1. The van der Waals surface area contributed by atoms with E-state index in [0.29, 0.717) is 5.56 Å². The Morgan fingerprint density at radius 2 is 1.22 bits per heavy atom. The highest BCUT2D eigenvalue weighted by molar-refractivity contribution is 5.76. The molecule has 1 nitrogen and oxygen atoms in total. The Hall–Kier alpha value is -2.15. The van der Waals surface area contributed by atoms with Crippen LogP contribution in [0.15, 0.2) is 48.5 Å². The molecule has 120 valence electrons. The molecule has 2 aromatic carbocycles. The van der Waals surface area contributed by atoms with E-state index in [1.54, 1.807) is 0 Å². The van der Waals surface area contributed by atoms with Crippen LogP contribution in [0.3, 0.4) is 0 Å². The van der Waals surface area contributed by atoms with Crippen molar-refractivity contribution in [3.05, 3.63) is 70.8 Å². The average molecular weight is 306 g/mol. The van der Waals surface area contributed by atoms with E-state index >= 15 is 0 Å². The topological polar surface area (TPSA) is 17.1 Å². The zero-order chi connectivity index (χ0) is 16.3. The van der Waals surface area contributed by atoms with Gasteiger partial charge in [-0.3, -0.25) is 4.79 Å². The molecule has 0 aliphatic rings. The molecule has 2 aromatic rings. The quantitative estimate of drug-likeness (QED) is 0.307. The molecular weight excluding hydrogens is 280 g/mol.